The molecule has 0 amide bonds. The van der Waals surface area contributed by atoms with Crippen molar-refractivity contribution in [2.45, 2.75) is 0 Å². The minimum atomic E-state index is -0.864. The predicted molar refractivity (Wildman–Crippen MR) is 24.5 cm³/mol. The van der Waals surface area contributed by atoms with E-state index in [0.29, 0.717) is 0 Å². The van der Waals surface area contributed by atoms with Gasteiger partial charge in [0.25, 0.3) is 0 Å². The Morgan fingerprint density at radius 1 is 1.62 bits per heavy atom. The SMILES string of the molecule is O=C(O)C1C[N+](=O)C1. The van der Waals surface area contributed by atoms with Crippen molar-refractivity contribution in [2.75, 3.05) is 13.1 Å². The maximum atomic E-state index is 10.1. The Balaban J connectivity index is 2.35. The summed E-state index contributed by atoms with van der Waals surface area (Å²) in [6, 6.07) is 0. The van der Waals surface area contributed by atoms with Crippen LogP contribution in [-0.2, 0) is 4.79 Å². The van der Waals surface area contributed by atoms with Crippen molar-refractivity contribution in [1.29, 1.82) is 0 Å². The van der Waals surface area contributed by atoms with Crippen molar-refractivity contribution < 1.29 is 14.7 Å². The molecule has 1 aliphatic heterocycles. The Morgan fingerprint density at radius 2 is 2.12 bits per heavy atom. The molecule has 1 fully saturated rings. The lowest BCUT2D eigenvalue weighted by molar-refractivity contribution is -0.617. The van der Waals surface area contributed by atoms with Gasteiger partial charge in [0.15, 0.2) is 5.92 Å². The second kappa shape index (κ2) is 1.54. The fourth-order valence-electron chi connectivity index (χ4n) is 0.594. The van der Waals surface area contributed by atoms with E-state index in [4.69, 9.17) is 5.11 Å². The lowest BCUT2D eigenvalue weighted by Crippen LogP contribution is -2.42. The van der Waals surface area contributed by atoms with Crippen LogP contribution in [0.15, 0.2) is 0 Å². The van der Waals surface area contributed by atoms with Gasteiger partial charge in [0.2, 0.25) is 13.1 Å². The van der Waals surface area contributed by atoms with E-state index in [-0.39, 0.29) is 13.1 Å². The van der Waals surface area contributed by atoms with Crippen LogP contribution >= 0.6 is 0 Å². The number of rotatable bonds is 1. The van der Waals surface area contributed by atoms with Gasteiger partial charge >= 0.3 is 5.97 Å². The standard InChI is InChI=1S/C4H5NO3/c6-4(7)3-1-5(8)2-3/h3H,1-2H2/p+1. The molecule has 8 heavy (non-hydrogen) atoms. The number of carboxylic acid groups (broad SMARTS) is 1. The third kappa shape index (κ3) is 0.685. The smallest absolute Gasteiger partial charge is 0.319 e. The molecule has 0 radical (unpaired) electrons. The van der Waals surface area contributed by atoms with Gasteiger partial charge in [-0.2, -0.15) is 0 Å². The zero-order valence-corrected chi connectivity index (χ0v) is 4.20. The molecule has 0 atom stereocenters. The van der Waals surface area contributed by atoms with E-state index < -0.39 is 11.9 Å². The third-order valence-corrected chi connectivity index (χ3v) is 1.20. The number of nitroso groups, excluding NO2 is 1. The van der Waals surface area contributed by atoms with Crippen LogP contribution in [0.3, 0.4) is 0 Å². The summed E-state index contributed by atoms with van der Waals surface area (Å²) in [5.74, 6) is -1.27. The molecule has 0 bridgehead atoms. The molecular weight excluding hydrogens is 110 g/mol. The summed E-state index contributed by atoms with van der Waals surface area (Å²) in [6.45, 7) is 0.324. The Morgan fingerprint density at radius 3 is 2.25 bits per heavy atom. The molecule has 0 aromatic heterocycles. The maximum absolute atomic E-state index is 10.1. The van der Waals surface area contributed by atoms with Crippen molar-refractivity contribution in [2.24, 2.45) is 5.92 Å². The van der Waals surface area contributed by atoms with Crippen LogP contribution in [0.25, 0.3) is 0 Å². The van der Waals surface area contributed by atoms with Gasteiger partial charge in [0.05, 0.1) is 0 Å². The van der Waals surface area contributed by atoms with E-state index in [1.54, 1.807) is 0 Å². The molecule has 0 aromatic rings. The molecule has 0 saturated carbocycles. The first kappa shape index (κ1) is 5.21. The van der Waals surface area contributed by atoms with Gasteiger partial charge in [-0.05, 0) is 0 Å². The summed E-state index contributed by atoms with van der Waals surface area (Å²) in [5.41, 5.74) is 0. The van der Waals surface area contributed by atoms with Crippen molar-refractivity contribution >= 4 is 5.97 Å². The summed E-state index contributed by atoms with van der Waals surface area (Å²) >= 11 is 0. The molecule has 0 spiro atoms. The molecule has 0 unspecified atom stereocenters. The number of hydrogen-bond donors (Lipinski definition) is 1. The monoisotopic (exact) mass is 116 g/mol. The molecule has 1 heterocycles. The Hall–Kier alpha value is -0.930. The van der Waals surface area contributed by atoms with Crippen LogP contribution in [0.2, 0.25) is 0 Å². The van der Waals surface area contributed by atoms with Crippen LogP contribution in [0.1, 0.15) is 0 Å². The molecule has 1 aliphatic rings. The van der Waals surface area contributed by atoms with Gasteiger partial charge in [0, 0.05) is 9.67 Å². The number of aliphatic carboxylic acids is 1. The van der Waals surface area contributed by atoms with Crippen LogP contribution in [0.5, 0.6) is 0 Å². The lowest BCUT2D eigenvalue weighted by Gasteiger charge is -2.10. The van der Waals surface area contributed by atoms with E-state index in [2.05, 4.69) is 0 Å². The summed E-state index contributed by atoms with van der Waals surface area (Å²) in [7, 11) is 0. The molecule has 4 heteroatoms. The van der Waals surface area contributed by atoms with Crippen molar-refractivity contribution in [3.63, 3.8) is 0 Å². The average molecular weight is 116 g/mol. The van der Waals surface area contributed by atoms with Gasteiger partial charge in [-0.1, -0.05) is 0 Å². The normalized spacial score (nSPS) is 20.2. The van der Waals surface area contributed by atoms with Crippen LogP contribution < -0.4 is 0 Å². The molecule has 0 aromatic carbocycles. The van der Waals surface area contributed by atoms with E-state index >= 15 is 0 Å². The minimum Gasteiger partial charge on any atom is -0.481 e. The first-order chi connectivity index (χ1) is 3.70. The van der Waals surface area contributed by atoms with E-state index in [9.17, 15) is 9.70 Å². The largest absolute Gasteiger partial charge is 0.481 e. The molecule has 44 valence electrons. The van der Waals surface area contributed by atoms with E-state index in [1.165, 1.54) is 0 Å². The highest BCUT2D eigenvalue weighted by Crippen LogP contribution is 2.07. The second-order valence-corrected chi connectivity index (χ2v) is 1.88. The first-order valence-electron chi connectivity index (χ1n) is 2.35. The van der Waals surface area contributed by atoms with Crippen molar-refractivity contribution in [3.05, 3.63) is 4.91 Å². The Kier molecular flexibility index (Phi) is 1.00. The fraction of sp³-hybridized carbons (Fsp3) is 0.750. The highest BCUT2D eigenvalue weighted by molar-refractivity contribution is 5.70. The van der Waals surface area contributed by atoms with Crippen molar-refractivity contribution in [1.82, 2.24) is 0 Å². The molecule has 4 nitrogen and oxygen atoms in total. The van der Waals surface area contributed by atoms with Gasteiger partial charge < -0.3 is 5.11 Å². The molecule has 0 aliphatic carbocycles. The maximum Gasteiger partial charge on any atom is 0.319 e. The number of nitrogens with zero attached hydrogens (tertiary/aromatic N) is 1. The minimum absolute atomic E-state index is 0.162. The molecular formula is C4H6NO3+. The van der Waals surface area contributed by atoms with Gasteiger partial charge in [0.1, 0.15) is 0 Å². The molecule has 1 saturated heterocycles. The number of carboxylic acids is 1. The summed E-state index contributed by atoms with van der Waals surface area (Å²) < 4.78 is 0.735. The number of hydrogen-bond acceptors (Lipinski definition) is 2. The zero-order valence-electron chi connectivity index (χ0n) is 4.20. The number of carbonyl (C=O) groups is 1. The summed E-state index contributed by atoms with van der Waals surface area (Å²) in [6.07, 6.45) is 0. The predicted octanol–water partition coefficient (Wildman–Crippen LogP) is -0.520. The lowest BCUT2D eigenvalue weighted by atomic mass is 10.0. The van der Waals surface area contributed by atoms with E-state index in [0.717, 1.165) is 4.76 Å². The summed E-state index contributed by atoms with van der Waals surface area (Å²) in [5, 5.41) is 8.19. The quantitative estimate of drug-likeness (QED) is 0.469. The van der Waals surface area contributed by atoms with Gasteiger partial charge in [-0.25, -0.2) is 0 Å². The Bertz CT molecular complexity index is 134. The highest BCUT2D eigenvalue weighted by atomic mass is 16.4. The third-order valence-electron chi connectivity index (χ3n) is 1.20. The zero-order chi connectivity index (χ0) is 6.15. The van der Waals surface area contributed by atoms with Crippen molar-refractivity contribution in [3.8, 4) is 0 Å². The first-order valence-corrected chi connectivity index (χ1v) is 2.35. The van der Waals surface area contributed by atoms with Crippen LogP contribution in [0.4, 0.5) is 0 Å². The van der Waals surface area contributed by atoms with Gasteiger partial charge in [-0.15, -0.1) is 0 Å². The van der Waals surface area contributed by atoms with Crippen LogP contribution in [0, 0.1) is 10.8 Å². The van der Waals surface area contributed by atoms with E-state index in [1.807, 2.05) is 0 Å². The molecule has 1 rings (SSSR count). The highest BCUT2D eigenvalue weighted by Gasteiger charge is 2.40. The Labute approximate surface area is 45.7 Å². The second-order valence-electron chi connectivity index (χ2n) is 1.88. The topological polar surface area (TPSA) is 57.4 Å². The summed E-state index contributed by atoms with van der Waals surface area (Å²) in [4.78, 5) is 20.0. The van der Waals surface area contributed by atoms with Gasteiger partial charge in [-0.3, -0.25) is 4.79 Å². The fourth-order valence-corrected chi connectivity index (χ4v) is 0.594. The average Bonchev–Trinajstić information content (AvgIpc) is 1.57. The molecule has 1 N–H and O–H groups in total. The van der Waals surface area contributed by atoms with Crippen LogP contribution in [-0.4, -0.2) is 28.9 Å².